The number of halogens is 2. The largest absolute Gasteiger partial charge is 0.383 e. The summed E-state index contributed by atoms with van der Waals surface area (Å²) in [5.41, 5.74) is 1.12. The first-order valence-electron chi connectivity index (χ1n) is 8.74. The number of carbonyl (C=O) groups excluding carboxylic acids is 1. The van der Waals surface area contributed by atoms with Gasteiger partial charge in [0.25, 0.3) is 0 Å². The lowest BCUT2D eigenvalue weighted by Crippen LogP contribution is -2.46. The Labute approximate surface area is 183 Å². The van der Waals surface area contributed by atoms with Gasteiger partial charge in [-0.05, 0) is 24.6 Å². The number of nitrogens with zero attached hydrogens (tertiary/aromatic N) is 3. The number of carbonyl (C=O) groups is 1. The third-order valence-electron chi connectivity index (χ3n) is 4.17. The molecule has 1 aliphatic heterocycles. The molecule has 1 aliphatic rings. The first-order chi connectivity index (χ1) is 12.5. The van der Waals surface area contributed by atoms with E-state index in [1.807, 2.05) is 18.2 Å². The van der Waals surface area contributed by atoms with Crippen molar-refractivity contribution in [2.24, 2.45) is 4.99 Å². The van der Waals surface area contributed by atoms with E-state index in [1.54, 1.807) is 21.2 Å². The average molecular weight is 510 g/mol. The van der Waals surface area contributed by atoms with Gasteiger partial charge in [0.15, 0.2) is 5.96 Å². The first-order valence-corrected chi connectivity index (χ1v) is 9.12. The Balaban J connectivity index is 0.00000364. The number of anilines is 1. The number of hydrogen-bond acceptors (Lipinski definition) is 4. The van der Waals surface area contributed by atoms with Crippen molar-refractivity contribution >= 4 is 53.1 Å². The van der Waals surface area contributed by atoms with E-state index in [-0.39, 0.29) is 42.5 Å². The van der Waals surface area contributed by atoms with Gasteiger partial charge in [-0.2, -0.15) is 0 Å². The van der Waals surface area contributed by atoms with Gasteiger partial charge in [0, 0.05) is 57.6 Å². The predicted molar refractivity (Wildman–Crippen MR) is 121 cm³/mol. The highest BCUT2D eigenvalue weighted by Gasteiger charge is 2.23. The maximum atomic E-state index is 11.8. The molecule has 7 nitrogen and oxygen atoms in total. The summed E-state index contributed by atoms with van der Waals surface area (Å²) in [5.74, 6) is 0.597. The zero-order valence-electron chi connectivity index (χ0n) is 16.1. The van der Waals surface area contributed by atoms with Gasteiger partial charge in [-0.3, -0.25) is 4.79 Å². The minimum atomic E-state index is -0.0372. The summed E-state index contributed by atoms with van der Waals surface area (Å²) in [7, 11) is 5.10. The number of nitrogens with one attached hydrogen (secondary N) is 2. The van der Waals surface area contributed by atoms with E-state index in [9.17, 15) is 4.79 Å². The van der Waals surface area contributed by atoms with Crippen molar-refractivity contribution in [2.75, 3.05) is 58.9 Å². The normalized spacial score (nSPS) is 16.7. The van der Waals surface area contributed by atoms with Crippen molar-refractivity contribution in [3.63, 3.8) is 0 Å². The van der Waals surface area contributed by atoms with Gasteiger partial charge in [-0.25, -0.2) is 4.99 Å². The highest BCUT2D eigenvalue weighted by Crippen LogP contribution is 2.23. The molecule has 9 heteroatoms. The summed E-state index contributed by atoms with van der Waals surface area (Å²) in [6.45, 7) is 3.11. The number of amides is 1. The molecule has 0 aromatic heterocycles. The third-order valence-corrected chi connectivity index (χ3v) is 4.41. The Morgan fingerprint density at radius 3 is 2.89 bits per heavy atom. The van der Waals surface area contributed by atoms with Crippen molar-refractivity contribution in [1.82, 2.24) is 15.5 Å². The number of hydrogen-bond donors (Lipinski definition) is 2. The molecule has 152 valence electrons. The van der Waals surface area contributed by atoms with Gasteiger partial charge in [-0.15, -0.1) is 24.0 Å². The maximum absolute atomic E-state index is 11.8. The molecule has 1 aromatic rings. The van der Waals surface area contributed by atoms with Gasteiger partial charge in [0.1, 0.15) is 6.54 Å². The Bertz CT molecular complexity index is 630. The Kier molecular flexibility index (Phi) is 10.8. The fourth-order valence-electron chi connectivity index (χ4n) is 2.69. The number of rotatable bonds is 7. The standard InChI is InChI=1S/C18H28ClN5O2.HI/c1-23(2)17(25)12-21-18(20-8-10-26-3)22-15-7-9-24(13-15)16-6-4-5-14(19)11-16;/h4-6,11,15H,7-10,12-13H2,1-3H3,(H2,20,21,22);1H. The zero-order valence-corrected chi connectivity index (χ0v) is 19.2. The second-order valence-electron chi connectivity index (χ2n) is 6.43. The molecule has 2 rings (SSSR count). The Hall–Kier alpha value is -1.26. The first kappa shape index (κ1) is 23.8. The fraction of sp³-hybridized carbons (Fsp3) is 0.556. The summed E-state index contributed by atoms with van der Waals surface area (Å²) in [6.07, 6.45) is 0.985. The van der Waals surface area contributed by atoms with E-state index in [0.29, 0.717) is 19.1 Å². The monoisotopic (exact) mass is 509 g/mol. The number of benzene rings is 1. The highest BCUT2D eigenvalue weighted by molar-refractivity contribution is 14.0. The van der Waals surface area contributed by atoms with Gasteiger partial charge in [0.2, 0.25) is 5.91 Å². The van der Waals surface area contributed by atoms with Crippen LogP contribution in [0.3, 0.4) is 0 Å². The summed E-state index contributed by atoms with van der Waals surface area (Å²) in [6, 6.07) is 8.13. The Morgan fingerprint density at radius 1 is 1.44 bits per heavy atom. The molecule has 1 fully saturated rings. The van der Waals surface area contributed by atoms with Crippen LogP contribution >= 0.6 is 35.6 Å². The smallest absolute Gasteiger partial charge is 0.243 e. The molecule has 0 aliphatic carbocycles. The molecule has 1 saturated heterocycles. The van der Waals surface area contributed by atoms with Crippen LogP contribution in [0, 0.1) is 0 Å². The van der Waals surface area contributed by atoms with E-state index in [0.717, 1.165) is 30.2 Å². The van der Waals surface area contributed by atoms with Crippen molar-refractivity contribution in [3.05, 3.63) is 29.3 Å². The number of methoxy groups -OCH3 is 1. The minimum Gasteiger partial charge on any atom is -0.383 e. The molecule has 1 heterocycles. The minimum absolute atomic E-state index is 0. The topological polar surface area (TPSA) is 69.2 Å². The summed E-state index contributed by atoms with van der Waals surface area (Å²) in [4.78, 5) is 20.0. The average Bonchev–Trinajstić information content (AvgIpc) is 3.08. The molecule has 0 spiro atoms. The van der Waals surface area contributed by atoms with Gasteiger partial charge in [-0.1, -0.05) is 17.7 Å². The lowest BCUT2D eigenvalue weighted by Gasteiger charge is -2.21. The number of ether oxygens (including phenoxy) is 1. The second kappa shape index (κ2) is 12.2. The van der Waals surface area contributed by atoms with Gasteiger partial charge < -0.3 is 25.2 Å². The molecule has 1 amide bonds. The summed E-state index contributed by atoms with van der Waals surface area (Å²) < 4.78 is 5.07. The van der Waals surface area contributed by atoms with Crippen LogP contribution in [0.4, 0.5) is 5.69 Å². The second-order valence-corrected chi connectivity index (χ2v) is 6.86. The van der Waals surface area contributed by atoms with Gasteiger partial charge >= 0.3 is 0 Å². The Morgan fingerprint density at radius 2 is 2.22 bits per heavy atom. The van der Waals surface area contributed by atoms with E-state index >= 15 is 0 Å². The molecule has 0 saturated carbocycles. The van der Waals surface area contributed by atoms with Crippen LogP contribution in [0.5, 0.6) is 0 Å². The molecular weight excluding hydrogens is 481 g/mol. The van der Waals surface area contributed by atoms with E-state index in [1.165, 1.54) is 4.90 Å². The lowest BCUT2D eigenvalue weighted by molar-refractivity contribution is -0.127. The van der Waals surface area contributed by atoms with E-state index in [2.05, 4.69) is 26.6 Å². The number of likely N-dealkylation sites (N-methyl/N-ethyl adjacent to an activating group) is 1. The SMILES string of the molecule is COCCNC(=NCC(=O)N(C)C)NC1CCN(c2cccc(Cl)c2)C1.I. The van der Waals surface area contributed by atoms with Crippen molar-refractivity contribution in [1.29, 1.82) is 0 Å². The van der Waals surface area contributed by atoms with Crippen molar-refractivity contribution in [3.8, 4) is 0 Å². The van der Waals surface area contributed by atoms with Crippen LogP contribution in [0.15, 0.2) is 29.3 Å². The lowest BCUT2D eigenvalue weighted by atomic mass is 10.2. The fourth-order valence-corrected chi connectivity index (χ4v) is 2.88. The molecule has 27 heavy (non-hydrogen) atoms. The quantitative estimate of drug-likeness (QED) is 0.254. The molecule has 0 radical (unpaired) electrons. The molecule has 1 atom stereocenters. The number of guanidine groups is 1. The van der Waals surface area contributed by atoms with E-state index < -0.39 is 0 Å². The van der Waals surface area contributed by atoms with Crippen LogP contribution in [-0.4, -0.2) is 76.8 Å². The predicted octanol–water partition coefficient (Wildman–Crippen LogP) is 1.81. The molecule has 1 unspecified atom stereocenters. The molecule has 1 aromatic carbocycles. The van der Waals surface area contributed by atoms with Crippen LogP contribution in [0.2, 0.25) is 5.02 Å². The van der Waals surface area contributed by atoms with Crippen LogP contribution in [0.25, 0.3) is 0 Å². The van der Waals surface area contributed by atoms with Crippen molar-refractivity contribution in [2.45, 2.75) is 12.5 Å². The van der Waals surface area contributed by atoms with Crippen LogP contribution in [-0.2, 0) is 9.53 Å². The van der Waals surface area contributed by atoms with Crippen LogP contribution in [0.1, 0.15) is 6.42 Å². The van der Waals surface area contributed by atoms with E-state index in [4.69, 9.17) is 16.3 Å². The molecule has 2 N–H and O–H groups in total. The maximum Gasteiger partial charge on any atom is 0.243 e. The van der Waals surface area contributed by atoms with Crippen LogP contribution < -0.4 is 15.5 Å². The number of aliphatic imine (C=N–C) groups is 1. The van der Waals surface area contributed by atoms with Crippen molar-refractivity contribution < 1.29 is 9.53 Å². The van der Waals surface area contributed by atoms with Gasteiger partial charge in [0.05, 0.1) is 6.61 Å². The zero-order chi connectivity index (χ0) is 18.9. The highest BCUT2D eigenvalue weighted by atomic mass is 127. The molecular formula is C18H29ClIN5O2. The summed E-state index contributed by atoms with van der Waals surface area (Å²) in [5, 5.41) is 7.37. The summed E-state index contributed by atoms with van der Waals surface area (Å²) >= 11 is 6.09. The molecule has 0 bridgehead atoms. The third kappa shape index (κ3) is 8.10.